The average Bonchev–Trinajstić information content (AvgIpc) is 2.95. The Bertz CT molecular complexity index is 666. The van der Waals surface area contributed by atoms with Crippen LogP contribution in [0.4, 0.5) is 0 Å². The normalized spacial score (nSPS) is 12.3. The highest BCUT2D eigenvalue weighted by molar-refractivity contribution is 7.21. The summed E-state index contributed by atoms with van der Waals surface area (Å²) in [6, 6.07) is 7.46. The molecule has 23 heavy (non-hydrogen) atoms. The number of thiazole rings is 1. The van der Waals surface area contributed by atoms with Crippen molar-refractivity contribution in [1.29, 1.82) is 0 Å². The van der Waals surface area contributed by atoms with Crippen LogP contribution in [0.2, 0.25) is 0 Å². The van der Waals surface area contributed by atoms with Crippen molar-refractivity contribution in [3.05, 3.63) is 29.8 Å². The number of nitrogens with zero attached hydrogens (tertiary/aromatic N) is 1. The fourth-order valence-electron chi connectivity index (χ4n) is 1.89. The number of hydrogen-bond acceptors (Lipinski definition) is 6. The Morgan fingerprint density at radius 1 is 1.22 bits per heavy atom. The van der Waals surface area contributed by atoms with Gasteiger partial charge in [-0.1, -0.05) is 12.1 Å². The van der Waals surface area contributed by atoms with Crippen LogP contribution in [0.5, 0.6) is 5.75 Å². The highest BCUT2D eigenvalue weighted by Gasteiger charge is 2.40. The van der Waals surface area contributed by atoms with Crippen LogP contribution >= 0.6 is 11.3 Å². The maximum Gasteiger partial charge on any atom is 0.504 e. The lowest BCUT2D eigenvalue weighted by Gasteiger charge is -2.38. The zero-order chi connectivity index (χ0) is 17.3. The van der Waals surface area contributed by atoms with Gasteiger partial charge in [0.2, 0.25) is 0 Å². The van der Waals surface area contributed by atoms with Crippen LogP contribution in [0.15, 0.2) is 29.8 Å². The van der Waals surface area contributed by atoms with Gasteiger partial charge >= 0.3 is 7.12 Å². The average molecular weight is 335 g/mol. The van der Waals surface area contributed by atoms with E-state index in [1.807, 2.05) is 24.3 Å². The number of benzene rings is 1. The molecular weight excluding hydrogens is 313 g/mol. The van der Waals surface area contributed by atoms with Gasteiger partial charge in [0.15, 0.2) is 0 Å². The van der Waals surface area contributed by atoms with Gasteiger partial charge in [-0.05, 0) is 39.8 Å². The summed E-state index contributed by atoms with van der Waals surface area (Å²) < 4.78 is 11.5. The lowest BCUT2D eigenvalue weighted by Crippen LogP contribution is -2.53. The molecule has 2 N–H and O–H groups in total. The molecule has 5 nitrogen and oxygen atoms in total. The number of rotatable bonds is 6. The summed E-state index contributed by atoms with van der Waals surface area (Å²) in [6.45, 7) is 6.77. The third-order valence-corrected chi connectivity index (χ3v) is 4.90. The SMILES string of the molecule is COc1cccc(-c2ncsc2B(O)OC(C)(C)C(C)(C)O)c1. The molecule has 1 aromatic heterocycles. The van der Waals surface area contributed by atoms with Crippen LogP contribution in [0.3, 0.4) is 0 Å². The minimum absolute atomic E-state index is 0.593. The standard InChI is InChI=1S/C16H22BNO4S/c1-15(2,19)16(3,4)22-17(20)14-13(18-10-23-14)11-7-6-8-12(9-11)21-5/h6-10,19-20H,1-5H3. The first kappa shape index (κ1) is 17.9. The Hall–Kier alpha value is -1.41. The smallest absolute Gasteiger partial charge is 0.497 e. The molecule has 124 valence electrons. The Morgan fingerprint density at radius 3 is 2.52 bits per heavy atom. The molecule has 1 heterocycles. The first-order valence-corrected chi connectivity index (χ1v) is 8.20. The first-order chi connectivity index (χ1) is 10.7. The molecule has 2 rings (SSSR count). The summed E-state index contributed by atoms with van der Waals surface area (Å²) in [5, 5.41) is 20.7. The van der Waals surface area contributed by atoms with Crippen molar-refractivity contribution in [1.82, 2.24) is 4.98 Å². The number of hydrogen-bond donors (Lipinski definition) is 2. The van der Waals surface area contributed by atoms with Crippen LogP contribution in [0.1, 0.15) is 27.7 Å². The molecule has 0 radical (unpaired) electrons. The van der Waals surface area contributed by atoms with Crippen molar-refractivity contribution in [3.8, 4) is 17.0 Å². The lowest BCUT2D eigenvalue weighted by atomic mass is 9.80. The highest BCUT2D eigenvalue weighted by atomic mass is 32.1. The predicted octanol–water partition coefficient (Wildman–Crippen LogP) is 2.07. The molecule has 0 saturated heterocycles. The third-order valence-electron chi connectivity index (χ3n) is 4.04. The maximum absolute atomic E-state index is 10.5. The molecule has 0 aliphatic rings. The van der Waals surface area contributed by atoms with Crippen LogP contribution in [-0.4, -0.2) is 40.5 Å². The molecule has 1 aromatic carbocycles. The molecule has 0 amide bonds. The van der Waals surface area contributed by atoms with Gasteiger partial charge in [-0.2, -0.15) is 0 Å². The molecule has 0 saturated carbocycles. The van der Waals surface area contributed by atoms with Crippen LogP contribution < -0.4 is 9.51 Å². The zero-order valence-corrected chi connectivity index (χ0v) is 14.8. The zero-order valence-electron chi connectivity index (χ0n) is 14.0. The summed E-state index contributed by atoms with van der Waals surface area (Å²) in [4.78, 5) is 4.34. The van der Waals surface area contributed by atoms with E-state index in [-0.39, 0.29) is 0 Å². The van der Waals surface area contributed by atoms with Crippen molar-refractivity contribution in [2.24, 2.45) is 0 Å². The van der Waals surface area contributed by atoms with E-state index in [1.54, 1.807) is 40.3 Å². The Kier molecular flexibility index (Phi) is 5.15. The molecule has 7 heteroatoms. The second-order valence-corrected chi connectivity index (χ2v) is 7.22. The van der Waals surface area contributed by atoms with Gasteiger partial charge in [-0.15, -0.1) is 11.3 Å². The van der Waals surface area contributed by atoms with E-state index < -0.39 is 18.3 Å². The summed E-state index contributed by atoms with van der Waals surface area (Å²) in [5.74, 6) is 0.716. The Balaban J connectivity index is 2.30. The van der Waals surface area contributed by atoms with Gasteiger partial charge in [0.1, 0.15) is 5.75 Å². The molecule has 0 aliphatic carbocycles. The molecule has 0 atom stereocenters. The Labute approximate surface area is 141 Å². The van der Waals surface area contributed by atoms with E-state index in [1.165, 1.54) is 11.3 Å². The van der Waals surface area contributed by atoms with E-state index in [4.69, 9.17) is 9.39 Å². The predicted molar refractivity (Wildman–Crippen MR) is 93.2 cm³/mol. The molecule has 2 aromatic rings. The summed E-state index contributed by atoms with van der Waals surface area (Å²) in [5.41, 5.74) is 1.11. The summed E-state index contributed by atoms with van der Waals surface area (Å²) in [6.07, 6.45) is 0. The summed E-state index contributed by atoms with van der Waals surface area (Å²) >= 11 is 1.31. The van der Waals surface area contributed by atoms with Gasteiger partial charge in [-0.3, -0.25) is 0 Å². The number of methoxy groups -OCH3 is 1. The lowest BCUT2D eigenvalue weighted by molar-refractivity contribution is -0.0981. The highest BCUT2D eigenvalue weighted by Crippen LogP contribution is 2.27. The van der Waals surface area contributed by atoms with Crippen LogP contribution in [0, 0.1) is 0 Å². The van der Waals surface area contributed by atoms with E-state index in [9.17, 15) is 10.1 Å². The minimum Gasteiger partial charge on any atom is -0.497 e. The van der Waals surface area contributed by atoms with Gasteiger partial charge in [0.05, 0.1) is 34.3 Å². The van der Waals surface area contributed by atoms with Gasteiger partial charge in [0.25, 0.3) is 0 Å². The molecule has 0 bridgehead atoms. The van der Waals surface area contributed by atoms with Crippen molar-refractivity contribution in [2.75, 3.05) is 7.11 Å². The minimum atomic E-state index is -1.18. The van der Waals surface area contributed by atoms with Crippen molar-refractivity contribution in [2.45, 2.75) is 38.9 Å². The Morgan fingerprint density at radius 2 is 1.91 bits per heavy atom. The number of ether oxygens (including phenoxy) is 1. The largest absolute Gasteiger partial charge is 0.504 e. The quantitative estimate of drug-likeness (QED) is 0.791. The molecular formula is C16H22BNO4S. The van der Waals surface area contributed by atoms with Crippen LogP contribution in [0.25, 0.3) is 11.3 Å². The van der Waals surface area contributed by atoms with Gasteiger partial charge < -0.3 is 19.5 Å². The number of aromatic nitrogens is 1. The van der Waals surface area contributed by atoms with E-state index in [0.29, 0.717) is 16.2 Å². The first-order valence-electron chi connectivity index (χ1n) is 7.32. The van der Waals surface area contributed by atoms with E-state index >= 15 is 0 Å². The molecule has 0 spiro atoms. The van der Waals surface area contributed by atoms with Crippen molar-refractivity contribution in [3.63, 3.8) is 0 Å². The monoisotopic (exact) mass is 335 g/mol. The molecule has 0 aliphatic heterocycles. The van der Waals surface area contributed by atoms with Crippen molar-refractivity contribution < 1.29 is 19.5 Å². The summed E-state index contributed by atoms with van der Waals surface area (Å²) in [7, 11) is 0.426. The van der Waals surface area contributed by atoms with Crippen molar-refractivity contribution >= 4 is 23.2 Å². The van der Waals surface area contributed by atoms with Gasteiger partial charge in [0, 0.05) is 5.56 Å². The third kappa shape index (κ3) is 3.92. The maximum atomic E-state index is 10.5. The van der Waals surface area contributed by atoms with Gasteiger partial charge in [-0.25, -0.2) is 4.98 Å². The molecule has 0 unspecified atom stereocenters. The second kappa shape index (κ2) is 6.61. The topological polar surface area (TPSA) is 71.8 Å². The number of aliphatic hydroxyl groups is 1. The van der Waals surface area contributed by atoms with Crippen LogP contribution in [-0.2, 0) is 4.65 Å². The van der Waals surface area contributed by atoms with E-state index in [2.05, 4.69) is 4.98 Å². The molecule has 0 fully saturated rings. The van der Waals surface area contributed by atoms with E-state index in [0.717, 1.165) is 5.56 Å². The fraction of sp³-hybridized carbons (Fsp3) is 0.438. The fourth-order valence-corrected chi connectivity index (χ4v) is 2.61. The second-order valence-electron chi connectivity index (χ2n) is 6.34.